The van der Waals surface area contributed by atoms with E-state index in [-0.39, 0.29) is 5.54 Å². The van der Waals surface area contributed by atoms with Gasteiger partial charge in [-0.2, -0.15) is 5.26 Å². The fourth-order valence-corrected chi connectivity index (χ4v) is 2.66. The molecule has 1 aromatic rings. The topological polar surface area (TPSA) is 35.8 Å². The minimum atomic E-state index is 0.233. The van der Waals surface area contributed by atoms with E-state index in [0.29, 0.717) is 0 Å². The molecule has 1 fully saturated rings. The van der Waals surface area contributed by atoms with Crippen LogP contribution in [0, 0.1) is 18.3 Å². The fraction of sp³-hybridized carbons (Fsp3) is 0.533. The van der Waals surface area contributed by atoms with Crippen LogP contribution in [0.25, 0.3) is 0 Å². The quantitative estimate of drug-likeness (QED) is 0.830. The summed E-state index contributed by atoms with van der Waals surface area (Å²) >= 11 is 0. The minimum absolute atomic E-state index is 0.233. The molecule has 0 radical (unpaired) electrons. The minimum Gasteiger partial charge on any atom is -0.380 e. The lowest BCUT2D eigenvalue weighted by Gasteiger charge is -2.36. The van der Waals surface area contributed by atoms with Crippen LogP contribution in [0.15, 0.2) is 18.2 Å². The van der Waals surface area contributed by atoms with Crippen molar-refractivity contribution in [1.82, 2.24) is 0 Å². The molecule has 0 heterocycles. The van der Waals surface area contributed by atoms with E-state index in [1.807, 2.05) is 18.2 Å². The summed E-state index contributed by atoms with van der Waals surface area (Å²) in [6.45, 7) is 4.37. The first kappa shape index (κ1) is 12.0. The molecule has 1 aromatic carbocycles. The van der Waals surface area contributed by atoms with Gasteiger partial charge in [0.15, 0.2) is 0 Å². The lowest BCUT2D eigenvalue weighted by molar-refractivity contribution is 0.349. The maximum absolute atomic E-state index is 8.85. The number of aryl methyl sites for hydroxylation is 1. The van der Waals surface area contributed by atoms with Crippen LogP contribution in [0.3, 0.4) is 0 Å². The molecule has 1 aliphatic rings. The zero-order valence-electron chi connectivity index (χ0n) is 10.7. The van der Waals surface area contributed by atoms with Crippen molar-refractivity contribution in [3.8, 4) is 6.07 Å². The Labute approximate surface area is 104 Å². The zero-order chi connectivity index (χ0) is 12.3. The molecule has 90 valence electrons. The third-order valence-corrected chi connectivity index (χ3v) is 3.75. The van der Waals surface area contributed by atoms with E-state index in [1.54, 1.807) is 0 Å². The van der Waals surface area contributed by atoms with Gasteiger partial charge in [-0.3, -0.25) is 0 Å². The summed E-state index contributed by atoms with van der Waals surface area (Å²) in [6, 6.07) is 8.06. The van der Waals surface area contributed by atoms with E-state index in [9.17, 15) is 0 Å². The fourth-order valence-electron chi connectivity index (χ4n) is 2.66. The number of anilines is 1. The number of rotatable bonds is 2. The predicted molar refractivity (Wildman–Crippen MR) is 71.0 cm³/mol. The molecule has 0 saturated heterocycles. The van der Waals surface area contributed by atoms with Crippen molar-refractivity contribution in [2.45, 2.75) is 51.5 Å². The molecule has 2 rings (SSSR count). The van der Waals surface area contributed by atoms with Crippen molar-refractivity contribution in [3.05, 3.63) is 29.3 Å². The predicted octanol–water partition coefficient (Wildman–Crippen LogP) is 4.00. The molecule has 2 heteroatoms. The van der Waals surface area contributed by atoms with Crippen LogP contribution in [0.4, 0.5) is 5.69 Å². The Bertz CT molecular complexity index is 437. The standard InChI is InChI=1S/C15H20N2/c1-12-10-13(11-16)6-7-14(12)17-15(2)8-4-3-5-9-15/h6-7,10,17H,3-5,8-9H2,1-2H3. The van der Waals surface area contributed by atoms with Gasteiger partial charge in [-0.1, -0.05) is 19.3 Å². The van der Waals surface area contributed by atoms with E-state index in [4.69, 9.17) is 5.26 Å². The Morgan fingerprint density at radius 1 is 1.24 bits per heavy atom. The molecule has 0 spiro atoms. The summed E-state index contributed by atoms with van der Waals surface area (Å²) in [4.78, 5) is 0. The van der Waals surface area contributed by atoms with Crippen LogP contribution in [0.5, 0.6) is 0 Å². The molecule has 17 heavy (non-hydrogen) atoms. The van der Waals surface area contributed by atoms with Gasteiger partial charge in [0.2, 0.25) is 0 Å². The summed E-state index contributed by atoms with van der Waals surface area (Å²) in [6.07, 6.45) is 6.49. The third-order valence-electron chi connectivity index (χ3n) is 3.75. The Balaban J connectivity index is 2.15. The number of nitrogens with one attached hydrogen (secondary N) is 1. The molecule has 0 aromatic heterocycles. The van der Waals surface area contributed by atoms with E-state index in [1.165, 1.54) is 37.8 Å². The SMILES string of the molecule is Cc1cc(C#N)ccc1NC1(C)CCCCC1. The monoisotopic (exact) mass is 228 g/mol. The lowest BCUT2D eigenvalue weighted by Crippen LogP contribution is -2.36. The number of benzene rings is 1. The highest BCUT2D eigenvalue weighted by Crippen LogP contribution is 2.32. The molecular weight excluding hydrogens is 208 g/mol. The second-order valence-corrected chi connectivity index (χ2v) is 5.39. The highest BCUT2D eigenvalue weighted by atomic mass is 15.0. The molecule has 1 aliphatic carbocycles. The molecule has 0 unspecified atom stereocenters. The van der Waals surface area contributed by atoms with Crippen molar-refractivity contribution >= 4 is 5.69 Å². The van der Waals surface area contributed by atoms with Crippen molar-refractivity contribution in [3.63, 3.8) is 0 Å². The lowest BCUT2D eigenvalue weighted by atomic mass is 9.83. The van der Waals surface area contributed by atoms with Crippen LogP contribution >= 0.6 is 0 Å². The highest BCUT2D eigenvalue weighted by molar-refractivity contribution is 5.55. The Morgan fingerprint density at radius 3 is 2.53 bits per heavy atom. The Kier molecular flexibility index (Phi) is 3.38. The normalized spacial score (nSPS) is 18.4. The Morgan fingerprint density at radius 2 is 1.94 bits per heavy atom. The average molecular weight is 228 g/mol. The molecular formula is C15H20N2. The summed E-state index contributed by atoms with van der Waals surface area (Å²) < 4.78 is 0. The maximum atomic E-state index is 8.85. The maximum Gasteiger partial charge on any atom is 0.0991 e. The van der Waals surface area contributed by atoms with Gasteiger partial charge < -0.3 is 5.32 Å². The molecule has 0 bridgehead atoms. The first-order valence-electron chi connectivity index (χ1n) is 6.42. The van der Waals surface area contributed by atoms with E-state index in [0.717, 1.165) is 11.1 Å². The average Bonchev–Trinajstić information content (AvgIpc) is 2.32. The number of nitrogens with zero attached hydrogens (tertiary/aromatic N) is 1. The van der Waals surface area contributed by atoms with Gasteiger partial charge in [-0.25, -0.2) is 0 Å². The first-order chi connectivity index (χ1) is 8.13. The second kappa shape index (κ2) is 4.79. The van der Waals surface area contributed by atoms with Gasteiger partial charge >= 0.3 is 0 Å². The summed E-state index contributed by atoms with van der Waals surface area (Å²) in [7, 11) is 0. The largest absolute Gasteiger partial charge is 0.380 e. The highest BCUT2D eigenvalue weighted by Gasteiger charge is 2.26. The molecule has 0 atom stereocenters. The number of hydrogen-bond donors (Lipinski definition) is 1. The Hall–Kier alpha value is -1.49. The van der Waals surface area contributed by atoms with Crippen LogP contribution in [0.1, 0.15) is 50.2 Å². The number of nitriles is 1. The zero-order valence-corrected chi connectivity index (χ0v) is 10.7. The molecule has 1 saturated carbocycles. The first-order valence-corrected chi connectivity index (χ1v) is 6.42. The van der Waals surface area contributed by atoms with Gasteiger partial charge in [0, 0.05) is 11.2 Å². The van der Waals surface area contributed by atoms with Crippen molar-refractivity contribution in [2.24, 2.45) is 0 Å². The van der Waals surface area contributed by atoms with Gasteiger partial charge in [0.1, 0.15) is 0 Å². The molecule has 0 amide bonds. The summed E-state index contributed by atoms with van der Waals surface area (Å²) in [5.41, 5.74) is 3.31. The van der Waals surface area contributed by atoms with Gasteiger partial charge in [-0.15, -0.1) is 0 Å². The van der Waals surface area contributed by atoms with Crippen LogP contribution in [0.2, 0.25) is 0 Å². The van der Waals surface area contributed by atoms with Crippen molar-refractivity contribution in [1.29, 1.82) is 5.26 Å². The summed E-state index contributed by atoms with van der Waals surface area (Å²) in [5, 5.41) is 12.5. The smallest absolute Gasteiger partial charge is 0.0991 e. The molecule has 1 N–H and O–H groups in total. The van der Waals surface area contributed by atoms with E-state index in [2.05, 4.69) is 25.2 Å². The third kappa shape index (κ3) is 2.79. The van der Waals surface area contributed by atoms with Gasteiger partial charge in [0.05, 0.1) is 11.6 Å². The number of hydrogen-bond acceptors (Lipinski definition) is 2. The van der Waals surface area contributed by atoms with Crippen LogP contribution in [-0.2, 0) is 0 Å². The van der Waals surface area contributed by atoms with Crippen LogP contribution < -0.4 is 5.32 Å². The molecule has 0 aliphatic heterocycles. The second-order valence-electron chi connectivity index (χ2n) is 5.39. The summed E-state index contributed by atoms with van der Waals surface area (Å²) in [5.74, 6) is 0. The van der Waals surface area contributed by atoms with Crippen molar-refractivity contribution in [2.75, 3.05) is 5.32 Å². The molecule has 2 nitrogen and oxygen atoms in total. The van der Waals surface area contributed by atoms with Gasteiger partial charge in [0.25, 0.3) is 0 Å². The van der Waals surface area contributed by atoms with Gasteiger partial charge in [-0.05, 0) is 50.5 Å². The van der Waals surface area contributed by atoms with E-state index < -0.39 is 0 Å². The van der Waals surface area contributed by atoms with Crippen LogP contribution in [-0.4, -0.2) is 5.54 Å². The van der Waals surface area contributed by atoms with Crippen molar-refractivity contribution < 1.29 is 0 Å². The van der Waals surface area contributed by atoms with E-state index >= 15 is 0 Å².